The van der Waals surface area contributed by atoms with E-state index >= 15 is 0 Å². The van der Waals surface area contributed by atoms with Crippen LogP contribution in [0.1, 0.15) is 361 Å². The minimum absolute atomic E-state index is 0.181. The summed E-state index contributed by atoms with van der Waals surface area (Å²) in [6, 6.07) is 0. The molecule has 548 valence electrons. The lowest BCUT2D eigenvalue weighted by atomic mass is 10.0. The first-order chi connectivity index (χ1) is 46.6. The number of likely N-dealkylation sites (N-methyl/N-ethyl adjacent to an activating group) is 1. The third-order valence-corrected chi connectivity index (χ3v) is 17.5. The Labute approximate surface area is 587 Å². The second-order valence-electron chi connectivity index (χ2n) is 28.0. The van der Waals surface area contributed by atoms with Gasteiger partial charge in [0.25, 0.3) is 6.29 Å². The highest BCUT2D eigenvalue weighted by Gasteiger charge is 2.25. The van der Waals surface area contributed by atoms with Crippen molar-refractivity contribution in [3.63, 3.8) is 0 Å². The maximum atomic E-state index is 13.0. The number of ether oxygens (including phenoxy) is 4. The minimum Gasteiger partial charge on any atom is -0.477 e. The fourth-order valence-electron chi connectivity index (χ4n) is 11.4. The summed E-state index contributed by atoms with van der Waals surface area (Å²) in [6.45, 7) is 4.79. The van der Waals surface area contributed by atoms with Crippen LogP contribution in [0.25, 0.3) is 0 Å². The van der Waals surface area contributed by atoms with E-state index in [1.807, 2.05) is 21.1 Å². The lowest BCUT2D eigenvalue weighted by Crippen LogP contribution is -2.40. The first-order valence-corrected chi connectivity index (χ1v) is 40.1. The molecule has 0 bridgehead atoms. The van der Waals surface area contributed by atoms with Crippen LogP contribution in [-0.2, 0) is 33.3 Å². The molecule has 0 aliphatic rings. The Morgan fingerprint density at radius 2 is 0.600 bits per heavy atom. The number of rotatable bonds is 74. The van der Waals surface area contributed by atoms with Crippen LogP contribution >= 0.6 is 0 Å². The molecule has 0 radical (unpaired) electrons. The Balaban J connectivity index is 4.02. The van der Waals surface area contributed by atoms with E-state index < -0.39 is 24.3 Å². The molecule has 0 spiro atoms. The molecule has 0 aromatic carbocycles. The fourth-order valence-corrected chi connectivity index (χ4v) is 11.4. The van der Waals surface area contributed by atoms with E-state index in [-0.39, 0.29) is 32.2 Å². The van der Waals surface area contributed by atoms with Gasteiger partial charge in [0, 0.05) is 12.8 Å². The first kappa shape index (κ1) is 91.0. The van der Waals surface area contributed by atoms with E-state index in [9.17, 15) is 19.5 Å². The van der Waals surface area contributed by atoms with Gasteiger partial charge in [-0.15, -0.1) is 0 Å². The van der Waals surface area contributed by atoms with Gasteiger partial charge in [0.05, 0.1) is 34.4 Å². The lowest BCUT2D eigenvalue weighted by molar-refractivity contribution is -0.870. The van der Waals surface area contributed by atoms with Gasteiger partial charge in [-0.25, -0.2) is 4.79 Å². The van der Waals surface area contributed by atoms with Gasteiger partial charge >= 0.3 is 17.9 Å². The molecule has 0 aliphatic heterocycles. The third kappa shape index (κ3) is 77.2. The predicted octanol–water partition coefficient (Wildman–Crippen LogP) is 25.7. The second-order valence-corrected chi connectivity index (χ2v) is 28.0. The van der Waals surface area contributed by atoms with E-state index in [4.69, 9.17) is 18.9 Å². The highest BCUT2D eigenvalue weighted by molar-refractivity contribution is 5.71. The molecule has 0 saturated carbocycles. The van der Waals surface area contributed by atoms with Crippen LogP contribution in [0.4, 0.5) is 0 Å². The number of esters is 2. The molecule has 9 nitrogen and oxygen atoms in total. The number of carboxylic acids is 1. The molecule has 0 saturated heterocycles. The van der Waals surface area contributed by atoms with E-state index in [1.165, 1.54) is 244 Å². The Hall–Kier alpha value is -4.05. The lowest BCUT2D eigenvalue weighted by Gasteiger charge is -2.25. The summed E-state index contributed by atoms with van der Waals surface area (Å²) in [7, 11) is 5.99. The summed E-state index contributed by atoms with van der Waals surface area (Å²) in [5, 5.41) is 9.78. The van der Waals surface area contributed by atoms with Crippen LogP contribution in [-0.4, -0.2) is 87.4 Å². The van der Waals surface area contributed by atoms with Crippen molar-refractivity contribution in [3.05, 3.63) is 109 Å². The topological polar surface area (TPSA) is 108 Å². The van der Waals surface area contributed by atoms with Crippen molar-refractivity contribution in [2.24, 2.45) is 0 Å². The molecule has 9 heteroatoms. The predicted molar refractivity (Wildman–Crippen MR) is 410 cm³/mol. The molecular weight excluding hydrogens is 1170 g/mol. The van der Waals surface area contributed by atoms with Crippen molar-refractivity contribution in [1.82, 2.24) is 0 Å². The number of carbonyl (C=O) groups excluding carboxylic acids is 2. The quantitative estimate of drug-likeness (QED) is 0.0211. The van der Waals surface area contributed by atoms with Crippen molar-refractivity contribution in [2.45, 2.75) is 373 Å². The smallest absolute Gasteiger partial charge is 0.361 e. The molecule has 0 fully saturated rings. The largest absolute Gasteiger partial charge is 0.477 e. The standard InChI is InChI=1S/C86H151NO8/c1-6-8-10-12-14-16-18-20-22-24-26-28-30-32-34-36-38-40-41-42-43-45-47-49-51-53-55-57-59-61-63-65-67-69-71-73-75-77-84(89)95-82(81-94-86(85(90)91)92-79-78-87(3,4)5)80-93-83(88)76-74-72-70-68-66-64-62-60-58-56-54-52-50-48-46-44-39-37-35-33-31-29-27-25-23-21-19-17-15-13-11-9-7-2/h8,10,14,16,19-22,25-28,31-34,38,40,82,86H,6-7,9,11-13,15,17-18,23-24,29-30,35-37,39,41-81H2,1-5H3/p+1/b10-8-,16-14-,21-19-,22-20-,27-25-,28-26-,33-31-,34-32-,40-38-. The molecule has 2 atom stereocenters. The van der Waals surface area contributed by atoms with Crippen LogP contribution in [0.15, 0.2) is 109 Å². The molecule has 2 unspecified atom stereocenters. The highest BCUT2D eigenvalue weighted by atomic mass is 16.7. The number of nitrogens with zero attached hydrogens (tertiary/aromatic N) is 1. The summed E-state index contributed by atoms with van der Waals surface area (Å²) >= 11 is 0. The minimum atomic E-state index is -1.51. The van der Waals surface area contributed by atoms with Crippen molar-refractivity contribution in [1.29, 1.82) is 0 Å². The average molecular weight is 1330 g/mol. The maximum absolute atomic E-state index is 13.0. The number of allylic oxidation sites excluding steroid dienone is 18. The SMILES string of the molecule is CC/C=C\C/C=C\C/C=C\C/C=C\C/C=C\C/C=C\CCCCCCCCCCCCCCCCCCCCC(=O)OC(COC(=O)CCCCCCCCCCCCCCCCCCCC/C=C\C/C=C\C/C=C\CCCCCCC)COC(OCC[N+](C)(C)C)C(=O)O. The Morgan fingerprint density at radius 3 is 0.895 bits per heavy atom. The van der Waals surface area contributed by atoms with E-state index in [0.29, 0.717) is 17.4 Å². The zero-order valence-corrected chi connectivity index (χ0v) is 62.8. The summed E-state index contributed by atoms with van der Waals surface area (Å²) in [5.41, 5.74) is 0. The number of hydrogen-bond acceptors (Lipinski definition) is 7. The number of aliphatic carboxylic acids is 1. The highest BCUT2D eigenvalue weighted by Crippen LogP contribution is 2.19. The average Bonchev–Trinajstić information content (AvgIpc) is 3.75. The van der Waals surface area contributed by atoms with Crippen LogP contribution in [0.3, 0.4) is 0 Å². The zero-order chi connectivity index (χ0) is 69.0. The molecular formula is C86H152NO8+. The van der Waals surface area contributed by atoms with Crippen molar-refractivity contribution < 1.29 is 42.9 Å². The summed E-state index contributed by atoms with van der Waals surface area (Å²) in [5.74, 6) is -1.99. The summed E-state index contributed by atoms with van der Waals surface area (Å²) < 4.78 is 23.1. The van der Waals surface area contributed by atoms with Gasteiger partial charge in [-0.3, -0.25) is 9.59 Å². The van der Waals surface area contributed by atoms with E-state index in [2.05, 4.69) is 123 Å². The molecule has 0 rings (SSSR count). The number of unbranched alkanes of at least 4 members (excludes halogenated alkanes) is 41. The van der Waals surface area contributed by atoms with Gasteiger partial charge in [0.15, 0.2) is 6.10 Å². The van der Waals surface area contributed by atoms with Crippen molar-refractivity contribution >= 4 is 17.9 Å². The molecule has 0 aromatic rings. The summed E-state index contributed by atoms with van der Waals surface area (Å²) in [6.07, 6.45) is 104. The molecule has 1 N–H and O–H groups in total. The molecule has 0 aliphatic carbocycles. The Kier molecular flexibility index (Phi) is 72.5. The van der Waals surface area contributed by atoms with E-state index in [0.717, 1.165) is 89.9 Å². The van der Waals surface area contributed by atoms with Crippen LogP contribution in [0.2, 0.25) is 0 Å². The van der Waals surface area contributed by atoms with Crippen molar-refractivity contribution in [2.75, 3.05) is 47.5 Å². The molecule has 0 heterocycles. The maximum Gasteiger partial charge on any atom is 0.361 e. The van der Waals surface area contributed by atoms with Gasteiger partial charge in [-0.1, -0.05) is 354 Å². The molecule has 0 amide bonds. The van der Waals surface area contributed by atoms with Crippen molar-refractivity contribution in [3.8, 4) is 0 Å². The number of carbonyl (C=O) groups is 3. The monoisotopic (exact) mass is 1330 g/mol. The van der Waals surface area contributed by atoms with Crippen LogP contribution in [0, 0.1) is 0 Å². The zero-order valence-electron chi connectivity index (χ0n) is 62.8. The number of hydrogen-bond donors (Lipinski definition) is 1. The van der Waals surface area contributed by atoms with Gasteiger partial charge in [0.1, 0.15) is 13.2 Å². The Morgan fingerprint density at radius 1 is 0.326 bits per heavy atom. The van der Waals surface area contributed by atoms with Gasteiger partial charge in [-0.05, 0) is 103 Å². The number of carboxylic acid groups (broad SMARTS) is 1. The molecule has 0 aromatic heterocycles. The van der Waals surface area contributed by atoms with Crippen LogP contribution < -0.4 is 0 Å². The van der Waals surface area contributed by atoms with Gasteiger partial charge in [0.2, 0.25) is 0 Å². The third-order valence-electron chi connectivity index (χ3n) is 17.5. The molecule has 95 heavy (non-hydrogen) atoms. The normalized spacial score (nSPS) is 13.2. The Bertz CT molecular complexity index is 1930. The second kappa shape index (κ2) is 75.7. The van der Waals surface area contributed by atoms with Crippen LogP contribution in [0.5, 0.6) is 0 Å². The first-order valence-electron chi connectivity index (χ1n) is 40.1. The van der Waals surface area contributed by atoms with Gasteiger partial charge < -0.3 is 28.5 Å². The fraction of sp³-hybridized carbons (Fsp3) is 0.756. The summed E-state index contributed by atoms with van der Waals surface area (Å²) in [4.78, 5) is 37.8. The van der Waals surface area contributed by atoms with E-state index in [1.54, 1.807) is 0 Å². The number of quaternary nitrogens is 1. The van der Waals surface area contributed by atoms with Gasteiger partial charge in [-0.2, -0.15) is 0 Å².